The van der Waals surface area contributed by atoms with Crippen LogP contribution in [0.3, 0.4) is 0 Å². The Morgan fingerprint density at radius 2 is 2.25 bits per heavy atom. The van der Waals surface area contributed by atoms with Crippen molar-refractivity contribution in [3.05, 3.63) is 53.4 Å². The van der Waals surface area contributed by atoms with Gasteiger partial charge in [0.25, 0.3) is 0 Å². The van der Waals surface area contributed by atoms with E-state index in [1.54, 1.807) is 23.9 Å². The fourth-order valence-electron chi connectivity index (χ4n) is 2.50. The third-order valence-electron chi connectivity index (χ3n) is 3.39. The summed E-state index contributed by atoms with van der Waals surface area (Å²) in [5, 5.41) is 6.87. The van der Waals surface area contributed by atoms with Crippen molar-refractivity contribution in [3.63, 3.8) is 0 Å². The van der Waals surface area contributed by atoms with Gasteiger partial charge in [-0.3, -0.25) is 0 Å². The van der Waals surface area contributed by atoms with Gasteiger partial charge in [0.1, 0.15) is 12.0 Å². The second kappa shape index (κ2) is 4.68. The number of hydrogen-bond donors (Lipinski definition) is 0. The highest BCUT2D eigenvalue weighted by Gasteiger charge is 2.20. The molecular formula is C15H12N4S. The highest BCUT2D eigenvalue weighted by molar-refractivity contribution is 7.13. The third-order valence-corrected chi connectivity index (χ3v) is 4.27. The van der Waals surface area contributed by atoms with Gasteiger partial charge in [-0.25, -0.2) is 14.6 Å². The first-order valence-corrected chi connectivity index (χ1v) is 7.40. The number of aromatic nitrogens is 4. The highest BCUT2D eigenvalue weighted by atomic mass is 32.1. The number of rotatable bonds is 2. The smallest absolute Gasteiger partial charge is 0.157 e. The standard InChI is InChI=1S/C15H12N4S/c1-2-5-12-11(4-1)15(13-6-3-9-20-13)18-19(12)14-7-8-16-10-17-14/h1,3-4,6-10H,2,5H2. The molecule has 0 saturated carbocycles. The molecule has 3 aromatic heterocycles. The second-order valence-electron chi connectivity index (χ2n) is 4.61. The maximum Gasteiger partial charge on any atom is 0.157 e. The summed E-state index contributed by atoms with van der Waals surface area (Å²) >= 11 is 1.71. The summed E-state index contributed by atoms with van der Waals surface area (Å²) in [4.78, 5) is 9.49. The van der Waals surface area contributed by atoms with E-state index in [2.05, 4.69) is 39.6 Å². The van der Waals surface area contributed by atoms with Crippen LogP contribution in [0.2, 0.25) is 0 Å². The molecule has 0 unspecified atom stereocenters. The van der Waals surface area contributed by atoms with Gasteiger partial charge in [0, 0.05) is 17.8 Å². The van der Waals surface area contributed by atoms with Crippen LogP contribution in [-0.4, -0.2) is 19.7 Å². The van der Waals surface area contributed by atoms with Gasteiger partial charge in [-0.15, -0.1) is 11.3 Å². The van der Waals surface area contributed by atoms with Crippen LogP contribution >= 0.6 is 11.3 Å². The molecule has 4 nitrogen and oxygen atoms in total. The van der Waals surface area contributed by atoms with Crippen molar-refractivity contribution in [3.8, 4) is 16.4 Å². The van der Waals surface area contributed by atoms with Gasteiger partial charge in [0.15, 0.2) is 5.82 Å². The first kappa shape index (κ1) is 11.5. The lowest BCUT2D eigenvalue weighted by Gasteiger charge is -2.09. The molecule has 0 fully saturated rings. The Labute approximate surface area is 120 Å². The van der Waals surface area contributed by atoms with Gasteiger partial charge >= 0.3 is 0 Å². The third kappa shape index (κ3) is 1.78. The SMILES string of the molecule is C1=Cc2c(-c3cccs3)nn(-c3ccncn3)c2CC1. The zero-order valence-corrected chi connectivity index (χ0v) is 11.5. The van der Waals surface area contributed by atoms with Crippen LogP contribution in [0.25, 0.3) is 22.5 Å². The lowest BCUT2D eigenvalue weighted by Crippen LogP contribution is -2.06. The van der Waals surface area contributed by atoms with Gasteiger partial charge in [-0.2, -0.15) is 5.10 Å². The zero-order chi connectivity index (χ0) is 13.4. The number of thiophene rings is 1. The topological polar surface area (TPSA) is 43.6 Å². The summed E-state index contributed by atoms with van der Waals surface area (Å²) in [5.74, 6) is 0.828. The summed E-state index contributed by atoms with van der Waals surface area (Å²) in [7, 11) is 0. The Bertz CT molecular complexity index is 757. The van der Waals surface area contributed by atoms with Crippen LogP contribution in [0.4, 0.5) is 0 Å². The Balaban J connectivity index is 1.95. The average Bonchev–Trinajstić information content (AvgIpc) is 3.15. The predicted octanol–water partition coefficient (Wildman–Crippen LogP) is 3.35. The van der Waals surface area contributed by atoms with Crippen LogP contribution in [-0.2, 0) is 6.42 Å². The van der Waals surface area contributed by atoms with Crippen molar-refractivity contribution in [1.29, 1.82) is 0 Å². The molecule has 1 aliphatic rings. The quantitative estimate of drug-likeness (QED) is 0.723. The summed E-state index contributed by atoms with van der Waals surface area (Å²) in [6.07, 6.45) is 9.75. The summed E-state index contributed by atoms with van der Waals surface area (Å²) < 4.78 is 1.95. The van der Waals surface area contributed by atoms with E-state index in [1.807, 2.05) is 10.7 Å². The minimum atomic E-state index is 0.828. The van der Waals surface area contributed by atoms with Crippen LogP contribution in [0.15, 0.2) is 42.2 Å². The van der Waals surface area contributed by atoms with E-state index in [0.29, 0.717) is 0 Å². The number of allylic oxidation sites excluding steroid dienone is 1. The summed E-state index contributed by atoms with van der Waals surface area (Å²) in [5.41, 5.74) is 3.50. The summed E-state index contributed by atoms with van der Waals surface area (Å²) in [6, 6.07) is 6.06. The molecule has 0 spiro atoms. The van der Waals surface area contributed by atoms with E-state index >= 15 is 0 Å². The largest absolute Gasteiger partial charge is 0.245 e. The van der Waals surface area contributed by atoms with Crippen molar-refractivity contribution in [2.24, 2.45) is 0 Å². The van der Waals surface area contributed by atoms with E-state index in [0.717, 1.165) is 24.4 Å². The Hall–Kier alpha value is -2.27. The van der Waals surface area contributed by atoms with Gasteiger partial charge in [-0.05, 0) is 24.3 Å². The molecule has 0 radical (unpaired) electrons. The van der Waals surface area contributed by atoms with Crippen LogP contribution in [0, 0.1) is 0 Å². The molecule has 0 saturated heterocycles. The molecule has 0 aliphatic heterocycles. The minimum Gasteiger partial charge on any atom is -0.245 e. The molecule has 0 amide bonds. The maximum absolute atomic E-state index is 4.79. The van der Waals surface area contributed by atoms with E-state index in [4.69, 9.17) is 5.10 Å². The molecule has 5 heteroatoms. The van der Waals surface area contributed by atoms with Gasteiger partial charge in [0.2, 0.25) is 0 Å². The van der Waals surface area contributed by atoms with E-state index in [9.17, 15) is 0 Å². The Morgan fingerprint density at radius 1 is 1.25 bits per heavy atom. The van der Waals surface area contributed by atoms with Gasteiger partial charge in [-0.1, -0.05) is 18.2 Å². The molecule has 98 valence electrons. The molecule has 3 aromatic rings. The number of hydrogen-bond acceptors (Lipinski definition) is 4. The monoisotopic (exact) mass is 280 g/mol. The van der Waals surface area contributed by atoms with Crippen molar-refractivity contribution >= 4 is 17.4 Å². The molecule has 4 rings (SSSR count). The van der Waals surface area contributed by atoms with E-state index in [-0.39, 0.29) is 0 Å². The Kier molecular flexibility index (Phi) is 2.70. The fraction of sp³-hybridized carbons (Fsp3) is 0.133. The molecule has 0 aromatic carbocycles. The van der Waals surface area contributed by atoms with E-state index in [1.165, 1.54) is 16.1 Å². The summed E-state index contributed by atoms with van der Waals surface area (Å²) in [6.45, 7) is 0. The molecule has 0 bridgehead atoms. The van der Waals surface area contributed by atoms with Crippen molar-refractivity contribution < 1.29 is 0 Å². The van der Waals surface area contributed by atoms with Gasteiger partial charge in [0.05, 0.1) is 10.6 Å². The van der Waals surface area contributed by atoms with Crippen LogP contribution in [0.5, 0.6) is 0 Å². The molecule has 0 N–H and O–H groups in total. The van der Waals surface area contributed by atoms with Crippen LogP contribution in [0.1, 0.15) is 17.7 Å². The first-order chi connectivity index (χ1) is 9.93. The van der Waals surface area contributed by atoms with Crippen LogP contribution < -0.4 is 0 Å². The zero-order valence-electron chi connectivity index (χ0n) is 10.7. The van der Waals surface area contributed by atoms with Crippen molar-refractivity contribution in [2.45, 2.75) is 12.8 Å². The van der Waals surface area contributed by atoms with Gasteiger partial charge < -0.3 is 0 Å². The number of fused-ring (bicyclic) bond motifs is 1. The molecule has 0 atom stereocenters. The van der Waals surface area contributed by atoms with Crippen molar-refractivity contribution in [2.75, 3.05) is 0 Å². The molecule has 20 heavy (non-hydrogen) atoms. The normalized spacial score (nSPS) is 13.4. The van der Waals surface area contributed by atoms with Crippen molar-refractivity contribution in [1.82, 2.24) is 19.7 Å². The lowest BCUT2D eigenvalue weighted by molar-refractivity contribution is 0.767. The molecule has 3 heterocycles. The lowest BCUT2D eigenvalue weighted by atomic mass is 10.0. The number of nitrogens with zero attached hydrogens (tertiary/aromatic N) is 4. The average molecular weight is 280 g/mol. The maximum atomic E-state index is 4.79. The second-order valence-corrected chi connectivity index (χ2v) is 5.55. The fourth-order valence-corrected chi connectivity index (χ4v) is 3.22. The van der Waals surface area contributed by atoms with E-state index < -0.39 is 0 Å². The highest BCUT2D eigenvalue weighted by Crippen LogP contribution is 2.33. The predicted molar refractivity (Wildman–Crippen MR) is 79.8 cm³/mol. The molecular weight excluding hydrogens is 268 g/mol. The first-order valence-electron chi connectivity index (χ1n) is 6.52. The Morgan fingerprint density at radius 3 is 3.05 bits per heavy atom. The minimum absolute atomic E-state index is 0.828. The molecule has 1 aliphatic carbocycles.